The molecule has 0 unspecified atom stereocenters. The minimum absolute atomic E-state index is 0.109. The Bertz CT molecular complexity index is 759. The fourth-order valence-electron chi connectivity index (χ4n) is 2.29. The van der Waals surface area contributed by atoms with Crippen LogP contribution in [0.1, 0.15) is 34.7 Å². The van der Waals surface area contributed by atoms with Gasteiger partial charge in [0.15, 0.2) is 0 Å². The Hall–Kier alpha value is -2.60. The zero-order valence-corrected chi connectivity index (χ0v) is 15.1. The molecule has 2 rings (SSSR count). The second kappa shape index (κ2) is 8.48. The summed E-state index contributed by atoms with van der Waals surface area (Å²) in [6, 6.07) is 8.19. The van der Waals surface area contributed by atoms with Gasteiger partial charge in [-0.3, -0.25) is 4.79 Å². The molecule has 0 aliphatic carbocycles. The summed E-state index contributed by atoms with van der Waals surface area (Å²) in [5.41, 5.74) is 1.97. The standard InChI is InChI=1S/C18H20ClN3O3/c1-4-22(5-2)17(23)15-9-7-13(11-20-15)21-16-10-12(18(24)25-3)6-8-14(16)19/h6-11,21H,4-5H2,1-3H3. The lowest BCUT2D eigenvalue weighted by Crippen LogP contribution is -2.31. The van der Waals surface area contributed by atoms with Crippen LogP contribution in [0.25, 0.3) is 0 Å². The Balaban J connectivity index is 2.19. The predicted molar refractivity (Wildman–Crippen MR) is 97.6 cm³/mol. The third-order valence-corrected chi connectivity index (χ3v) is 4.03. The Morgan fingerprint density at radius 2 is 1.92 bits per heavy atom. The van der Waals surface area contributed by atoms with E-state index in [1.165, 1.54) is 7.11 Å². The Morgan fingerprint density at radius 1 is 1.20 bits per heavy atom. The average Bonchev–Trinajstić information content (AvgIpc) is 2.64. The first-order valence-electron chi connectivity index (χ1n) is 7.90. The maximum Gasteiger partial charge on any atom is 0.337 e. The Kier molecular flexibility index (Phi) is 6.36. The summed E-state index contributed by atoms with van der Waals surface area (Å²) in [6.45, 7) is 5.11. The van der Waals surface area contributed by atoms with Crippen LogP contribution in [0.4, 0.5) is 11.4 Å². The summed E-state index contributed by atoms with van der Waals surface area (Å²) in [5.74, 6) is -0.555. The van der Waals surface area contributed by atoms with E-state index in [4.69, 9.17) is 16.3 Å². The number of benzene rings is 1. The van der Waals surface area contributed by atoms with Gasteiger partial charge in [0.05, 0.1) is 35.3 Å². The van der Waals surface area contributed by atoms with E-state index in [0.717, 1.165) is 0 Å². The van der Waals surface area contributed by atoms with Crippen molar-refractivity contribution < 1.29 is 14.3 Å². The van der Waals surface area contributed by atoms with Crippen LogP contribution in [0.5, 0.6) is 0 Å². The first-order chi connectivity index (χ1) is 12.0. The number of esters is 1. The summed E-state index contributed by atoms with van der Waals surface area (Å²) >= 11 is 6.16. The Labute approximate surface area is 151 Å². The third-order valence-electron chi connectivity index (χ3n) is 3.70. The van der Waals surface area contributed by atoms with Crippen LogP contribution in [0, 0.1) is 0 Å². The number of rotatable bonds is 6. The van der Waals surface area contributed by atoms with E-state index < -0.39 is 5.97 Å². The number of ether oxygens (including phenoxy) is 1. The molecule has 0 aliphatic heterocycles. The molecule has 6 nitrogen and oxygen atoms in total. The highest BCUT2D eigenvalue weighted by Gasteiger charge is 2.14. The van der Waals surface area contributed by atoms with Gasteiger partial charge in [-0.2, -0.15) is 0 Å². The minimum atomic E-state index is -0.446. The lowest BCUT2D eigenvalue weighted by Gasteiger charge is -2.18. The van der Waals surface area contributed by atoms with Crippen LogP contribution in [-0.4, -0.2) is 42.0 Å². The van der Waals surface area contributed by atoms with Crippen LogP contribution in [0.2, 0.25) is 5.02 Å². The molecule has 1 heterocycles. The molecule has 0 bridgehead atoms. The molecule has 2 aromatic rings. The van der Waals surface area contributed by atoms with E-state index in [9.17, 15) is 9.59 Å². The quantitative estimate of drug-likeness (QED) is 0.793. The fourth-order valence-corrected chi connectivity index (χ4v) is 2.45. The van der Waals surface area contributed by atoms with Gasteiger partial charge in [-0.15, -0.1) is 0 Å². The average molecular weight is 362 g/mol. The zero-order chi connectivity index (χ0) is 18.4. The minimum Gasteiger partial charge on any atom is -0.465 e. The molecule has 0 fully saturated rings. The molecule has 132 valence electrons. The van der Waals surface area contributed by atoms with Crippen molar-refractivity contribution in [3.8, 4) is 0 Å². The number of pyridine rings is 1. The van der Waals surface area contributed by atoms with Crippen molar-refractivity contribution in [2.24, 2.45) is 0 Å². The SMILES string of the molecule is CCN(CC)C(=O)c1ccc(Nc2cc(C(=O)OC)ccc2Cl)cn1. The van der Waals surface area contributed by atoms with Crippen molar-refractivity contribution in [3.05, 3.63) is 52.8 Å². The van der Waals surface area contributed by atoms with Gasteiger partial charge in [-0.05, 0) is 44.2 Å². The maximum atomic E-state index is 12.3. The number of aromatic nitrogens is 1. The van der Waals surface area contributed by atoms with Crippen LogP contribution in [0.3, 0.4) is 0 Å². The normalized spacial score (nSPS) is 10.2. The van der Waals surface area contributed by atoms with Crippen molar-refractivity contribution in [1.29, 1.82) is 0 Å². The van der Waals surface area contributed by atoms with E-state index in [1.54, 1.807) is 41.4 Å². The van der Waals surface area contributed by atoms with E-state index in [2.05, 4.69) is 10.3 Å². The number of nitrogens with zero attached hydrogens (tertiary/aromatic N) is 2. The maximum absolute atomic E-state index is 12.3. The van der Waals surface area contributed by atoms with Gasteiger partial charge in [-0.1, -0.05) is 11.6 Å². The van der Waals surface area contributed by atoms with E-state index in [0.29, 0.717) is 40.7 Å². The molecular formula is C18H20ClN3O3. The molecule has 1 aromatic carbocycles. The van der Waals surface area contributed by atoms with E-state index >= 15 is 0 Å². The van der Waals surface area contributed by atoms with E-state index in [-0.39, 0.29) is 5.91 Å². The van der Waals surface area contributed by atoms with Crippen molar-refractivity contribution in [2.45, 2.75) is 13.8 Å². The molecular weight excluding hydrogens is 342 g/mol. The summed E-state index contributed by atoms with van der Waals surface area (Å²) in [6.07, 6.45) is 1.55. The van der Waals surface area contributed by atoms with Crippen molar-refractivity contribution >= 4 is 34.9 Å². The molecule has 0 aliphatic rings. The first kappa shape index (κ1) is 18.7. The molecule has 1 aromatic heterocycles. The van der Waals surface area contributed by atoms with Crippen LogP contribution in [0.15, 0.2) is 36.5 Å². The van der Waals surface area contributed by atoms with Crippen molar-refractivity contribution in [1.82, 2.24) is 9.88 Å². The molecule has 25 heavy (non-hydrogen) atoms. The number of amides is 1. The van der Waals surface area contributed by atoms with Gasteiger partial charge in [0, 0.05) is 13.1 Å². The molecule has 1 N–H and O–H groups in total. The molecule has 0 spiro atoms. The topological polar surface area (TPSA) is 71.5 Å². The first-order valence-corrected chi connectivity index (χ1v) is 8.28. The second-order valence-corrected chi connectivity index (χ2v) is 5.63. The lowest BCUT2D eigenvalue weighted by atomic mass is 10.2. The number of nitrogens with one attached hydrogen (secondary N) is 1. The van der Waals surface area contributed by atoms with E-state index in [1.807, 2.05) is 13.8 Å². The van der Waals surface area contributed by atoms with Crippen molar-refractivity contribution in [2.75, 3.05) is 25.5 Å². The largest absolute Gasteiger partial charge is 0.465 e. The van der Waals surface area contributed by atoms with Gasteiger partial charge >= 0.3 is 5.97 Å². The number of hydrogen-bond acceptors (Lipinski definition) is 5. The molecule has 7 heteroatoms. The highest BCUT2D eigenvalue weighted by atomic mass is 35.5. The molecule has 0 saturated carbocycles. The summed E-state index contributed by atoms with van der Waals surface area (Å²) in [4.78, 5) is 29.8. The van der Waals surface area contributed by atoms with Gasteiger partial charge < -0.3 is 15.0 Å². The van der Waals surface area contributed by atoms with Crippen molar-refractivity contribution in [3.63, 3.8) is 0 Å². The van der Waals surface area contributed by atoms with Gasteiger partial charge in [0.2, 0.25) is 0 Å². The number of hydrogen-bond donors (Lipinski definition) is 1. The Morgan fingerprint density at radius 3 is 2.48 bits per heavy atom. The zero-order valence-electron chi connectivity index (χ0n) is 14.4. The van der Waals surface area contributed by atoms with Gasteiger partial charge in [0.1, 0.15) is 5.69 Å². The third kappa shape index (κ3) is 4.48. The predicted octanol–water partition coefficient (Wildman–Crippen LogP) is 3.75. The van der Waals surface area contributed by atoms with Gasteiger partial charge in [0.25, 0.3) is 5.91 Å². The molecule has 1 amide bonds. The fraction of sp³-hybridized carbons (Fsp3) is 0.278. The number of carbonyl (C=O) groups excluding carboxylic acids is 2. The molecule has 0 radical (unpaired) electrons. The monoisotopic (exact) mass is 361 g/mol. The van der Waals surface area contributed by atoms with Crippen LogP contribution >= 0.6 is 11.6 Å². The van der Waals surface area contributed by atoms with Crippen LogP contribution < -0.4 is 5.32 Å². The summed E-state index contributed by atoms with van der Waals surface area (Å²) < 4.78 is 4.70. The number of anilines is 2. The smallest absolute Gasteiger partial charge is 0.337 e. The number of halogens is 1. The summed E-state index contributed by atoms with van der Waals surface area (Å²) in [7, 11) is 1.32. The number of methoxy groups -OCH3 is 1. The van der Waals surface area contributed by atoms with Gasteiger partial charge in [-0.25, -0.2) is 9.78 Å². The number of carbonyl (C=O) groups is 2. The highest BCUT2D eigenvalue weighted by molar-refractivity contribution is 6.33. The highest BCUT2D eigenvalue weighted by Crippen LogP contribution is 2.26. The molecule has 0 saturated heterocycles. The lowest BCUT2D eigenvalue weighted by molar-refractivity contribution is 0.0600. The summed E-state index contributed by atoms with van der Waals surface area (Å²) in [5, 5.41) is 3.54. The second-order valence-electron chi connectivity index (χ2n) is 5.22. The molecule has 0 atom stereocenters. The van der Waals surface area contributed by atoms with Crippen LogP contribution in [-0.2, 0) is 4.74 Å².